The maximum Gasteiger partial charge on any atom is 0.311 e. The predicted octanol–water partition coefficient (Wildman–Crippen LogP) is 4.71. The normalized spacial score (nSPS) is 15.4. The number of ketones is 1. The van der Waals surface area contributed by atoms with E-state index in [0.717, 1.165) is 5.56 Å². The Labute approximate surface area is 190 Å². The summed E-state index contributed by atoms with van der Waals surface area (Å²) in [4.78, 5) is 38.5. The fourth-order valence-electron chi connectivity index (χ4n) is 3.53. The van der Waals surface area contributed by atoms with E-state index in [9.17, 15) is 18.8 Å². The number of hydrogen-bond acceptors (Lipinski definition) is 5. The van der Waals surface area contributed by atoms with Crippen LogP contribution in [0, 0.1) is 18.7 Å². The number of esters is 1. The fourth-order valence-corrected chi connectivity index (χ4v) is 3.53. The van der Waals surface area contributed by atoms with Gasteiger partial charge in [-0.05, 0) is 67.6 Å². The van der Waals surface area contributed by atoms with Crippen LogP contribution >= 0.6 is 0 Å². The SMILES string of the molecule is Cc1ccc(Oc2ccc(N3C[C@@H](C(=O)OCC(=O)c4ccc(F)cc4)CC3=O)cc2)cc1. The Morgan fingerprint density at radius 2 is 1.55 bits per heavy atom. The Bertz CT molecular complexity index is 1160. The number of amides is 1. The van der Waals surface area contributed by atoms with Crippen molar-refractivity contribution in [1.29, 1.82) is 0 Å². The molecule has 1 fully saturated rings. The molecule has 0 saturated carbocycles. The standard InChI is InChI=1S/C26H22FNO5/c1-17-2-10-22(11-3-17)33-23-12-8-21(9-13-23)28-15-19(14-25(28)30)26(31)32-16-24(29)18-4-6-20(27)7-5-18/h2-13,19H,14-16H2,1H3/t19-/m0/s1. The molecule has 0 radical (unpaired) electrons. The van der Waals surface area contributed by atoms with Crippen molar-refractivity contribution < 1.29 is 28.2 Å². The summed E-state index contributed by atoms with van der Waals surface area (Å²) in [5.41, 5.74) is 2.04. The number of carbonyl (C=O) groups is 3. The molecule has 33 heavy (non-hydrogen) atoms. The second kappa shape index (κ2) is 9.65. The Kier molecular flexibility index (Phi) is 6.49. The third-order valence-corrected chi connectivity index (χ3v) is 5.38. The smallest absolute Gasteiger partial charge is 0.311 e. The van der Waals surface area contributed by atoms with Gasteiger partial charge in [-0.3, -0.25) is 14.4 Å². The Morgan fingerprint density at radius 3 is 2.18 bits per heavy atom. The molecule has 0 aliphatic carbocycles. The average molecular weight is 447 g/mol. The van der Waals surface area contributed by atoms with Crippen LogP contribution in [0.2, 0.25) is 0 Å². The van der Waals surface area contributed by atoms with Gasteiger partial charge in [-0.1, -0.05) is 17.7 Å². The summed E-state index contributed by atoms with van der Waals surface area (Å²) in [6, 6.07) is 19.7. The summed E-state index contributed by atoms with van der Waals surface area (Å²) in [5.74, 6) is -1.03. The summed E-state index contributed by atoms with van der Waals surface area (Å²) in [5, 5.41) is 0. The molecular formula is C26H22FNO5. The zero-order chi connectivity index (χ0) is 23.4. The fraction of sp³-hybridized carbons (Fsp3) is 0.192. The first kappa shape index (κ1) is 22.2. The summed E-state index contributed by atoms with van der Waals surface area (Å²) >= 11 is 0. The molecule has 7 heteroatoms. The quantitative estimate of drug-likeness (QED) is 0.388. The van der Waals surface area contributed by atoms with Crippen LogP contribution in [0.3, 0.4) is 0 Å². The highest BCUT2D eigenvalue weighted by Crippen LogP contribution is 2.29. The van der Waals surface area contributed by atoms with E-state index in [1.165, 1.54) is 29.2 Å². The molecule has 4 rings (SSSR count). The topological polar surface area (TPSA) is 72.9 Å². The molecule has 3 aromatic rings. The van der Waals surface area contributed by atoms with Gasteiger partial charge in [-0.25, -0.2) is 4.39 Å². The minimum Gasteiger partial charge on any atom is -0.457 e. The van der Waals surface area contributed by atoms with Crippen molar-refractivity contribution in [1.82, 2.24) is 0 Å². The molecule has 1 amide bonds. The molecule has 0 N–H and O–H groups in total. The Balaban J connectivity index is 1.32. The van der Waals surface area contributed by atoms with E-state index in [2.05, 4.69) is 0 Å². The van der Waals surface area contributed by atoms with E-state index >= 15 is 0 Å². The second-order valence-corrected chi connectivity index (χ2v) is 7.85. The van der Waals surface area contributed by atoms with Gasteiger partial charge < -0.3 is 14.4 Å². The minimum atomic E-state index is -0.665. The number of Topliss-reactive ketones (excluding diaryl/α,β-unsaturated/α-hetero) is 1. The van der Waals surface area contributed by atoms with Gasteiger partial charge in [0.1, 0.15) is 17.3 Å². The third kappa shape index (κ3) is 5.44. The lowest BCUT2D eigenvalue weighted by molar-refractivity contribution is -0.147. The molecule has 1 aliphatic heterocycles. The van der Waals surface area contributed by atoms with Crippen molar-refractivity contribution in [2.75, 3.05) is 18.1 Å². The van der Waals surface area contributed by atoms with Crippen molar-refractivity contribution in [2.45, 2.75) is 13.3 Å². The number of carbonyl (C=O) groups excluding carboxylic acids is 3. The molecule has 1 aliphatic rings. The summed E-state index contributed by atoms with van der Waals surface area (Å²) in [7, 11) is 0. The number of halogens is 1. The highest BCUT2D eigenvalue weighted by molar-refractivity contribution is 6.01. The van der Waals surface area contributed by atoms with E-state index in [1.54, 1.807) is 24.3 Å². The van der Waals surface area contributed by atoms with Crippen LogP contribution in [0.25, 0.3) is 0 Å². The van der Waals surface area contributed by atoms with Gasteiger partial charge >= 0.3 is 5.97 Å². The lowest BCUT2D eigenvalue weighted by Gasteiger charge is -2.17. The molecular weight excluding hydrogens is 425 g/mol. The number of rotatable bonds is 7. The van der Waals surface area contributed by atoms with E-state index in [0.29, 0.717) is 17.2 Å². The number of ether oxygens (including phenoxy) is 2. The molecule has 0 aromatic heterocycles. The van der Waals surface area contributed by atoms with Crippen LogP contribution in [0.4, 0.5) is 10.1 Å². The molecule has 0 unspecified atom stereocenters. The van der Waals surface area contributed by atoms with Crippen LogP contribution in [0.5, 0.6) is 11.5 Å². The summed E-state index contributed by atoms with van der Waals surface area (Å²) in [6.07, 6.45) is 0.00515. The molecule has 1 heterocycles. The number of nitrogens with zero attached hydrogens (tertiary/aromatic N) is 1. The van der Waals surface area contributed by atoms with E-state index in [4.69, 9.17) is 9.47 Å². The maximum atomic E-state index is 13.0. The molecule has 1 atom stereocenters. The van der Waals surface area contributed by atoms with Crippen LogP contribution in [0.1, 0.15) is 22.3 Å². The van der Waals surface area contributed by atoms with Gasteiger partial charge in [0.2, 0.25) is 5.91 Å². The number of hydrogen-bond donors (Lipinski definition) is 0. The summed E-state index contributed by atoms with van der Waals surface area (Å²) < 4.78 is 23.9. The van der Waals surface area contributed by atoms with Gasteiger partial charge in [0.15, 0.2) is 12.4 Å². The first-order valence-electron chi connectivity index (χ1n) is 10.5. The van der Waals surface area contributed by atoms with Crippen LogP contribution < -0.4 is 9.64 Å². The number of aryl methyl sites for hydroxylation is 1. The van der Waals surface area contributed by atoms with E-state index in [1.807, 2.05) is 31.2 Å². The highest BCUT2D eigenvalue weighted by atomic mass is 19.1. The molecule has 6 nitrogen and oxygen atoms in total. The first-order valence-corrected chi connectivity index (χ1v) is 10.5. The van der Waals surface area contributed by atoms with Gasteiger partial charge in [-0.2, -0.15) is 0 Å². The zero-order valence-corrected chi connectivity index (χ0v) is 18.0. The maximum absolute atomic E-state index is 13.0. The Morgan fingerprint density at radius 1 is 0.939 bits per heavy atom. The number of benzene rings is 3. The van der Waals surface area contributed by atoms with Crippen LogP contribution in [-0.4, -0.2) is 30.8 Å². The van der Waals surface area contributed by atoms with E-state index < -0.39 is 30.1 Å². The molecule has 168 valence electrons. The van der Waals surface area contributed by atoms with Crippen molar-refractivity contribution in [2.24, 2.45) is 5.92 Å². The van der Waals surface area contributed by atoms with Crippen molar-refractivity contribution in [3.63, 3.8) is 0 Å². The van der Waals surface area contributed by atoms with Crippen LogP contribution in [-0.2, 0) is 14.3 Å². The molecule has 3 aromatic carbocycles. The van der Waals surface area contributed by atoms with Gasteiger partial charge in [0.25, 0.3) is 0 Å². The zero-order valence-electron chi connectivity index (χ0n) is 18.0. The minimum absolute atomic E-state index is 0.00515. The second-order valence-electron chi connectivity index (χ2n) is 7.85. The predicted molar refractivity (Wildman–Crippen MR) is 120 cm³/mol. The summed E-state index contributed by atoms with van der Waals surface area (Å²) in [6.45, 7) is 1.71. The van der Waals surface area contributed by atoms with Gasteiger partial charge in [-0.15, -0.1) is 0 Å². The van der Waals surface area contributed by atoms with Crippen molar-refractivity contribution in [3.05, 3.63) is 89.7 Å². The lowest BCUT2D eigenvalue weighted by atomic mass is 10.1. The van der Waals surface area contributed by atoms with Crippen molar-refractivity contribution in [3.8, 4) is 11.5 Å². The highest BCUT2D eigenvalue weighted by Gasteiger charge is 2.36. The monoisotopic (exact) mass is 447 g/mol. The molecule has 0 bridgehead atoms. The van der Waals surface area contributed by atoms with E-state index in [-0.39, 0.29) is 24.4 Å². The molecule has 1 saturated heterocycles. The lowest BCUT2D eigenvalue weighted by Crippen LogP contribution is -2.27. The third-order valence-electron chi connectivity index (χ3n) is 5.38. The van der Waals surface area contributed by atoms with Crippen LogP contribution in [0.15, 0.2) is 72.8 Å². The van der Waals surface area contributed by atoms with Gasteiger partial charge in [0.05, 0.1) is 5.92 Å². The largest absolute Gasteiger partial charge is 0.457 e. The van der Waals surface area contributed by atoms with Crippen molar-refractivity contribution >= 4 is 23.3 Å². The first-order chi connectivity index (χ1) is 15.9. The number of anilines is 1. The Hall–Kier alpha value is -4.00. The van der Waals surface area contributed by atoms with Gasteiger partial charge in [0, 0.05) is 24.2 Å². The molecule has 0 spiro atoms. The average Bonchev–Trinajstić information content (AvgIpc) is 3.21.